The zero-order valence-electron chi connectivity index (χ0n) is 15.6. The molecule has 27 heavy (non-hydrogen) atoms. The highest BCUT2D eigenvalue weighted by atomic mass is 35.5. The standard InChI is InChI=1S/C22H22ClN3O/c1-14(2)12-26-20-7-5-4-6-19(20)24-22(26)16-10-21(27)25(13-16)17-9-8-15(3)18(23)11-17/h4-9,11,16H,1,10,12-13H2,2-3H3/t16-/m0/s1. The summed E-state index contributed by atoms with van der Waals surface area (Å²) >= 11 is 6.27. The van der Waals surface area contributed by atoms with Crippen molar-refractivity contribution in [2.24, 2.45) is 0 Å². The first kappa shape index (κ1) is 17.8. The number of aromatic nitrogens is 2. The van der Waals surface area contributed by atoms with E-state index in [1.165, 1.54) is 0 Å². The molecule has 4 rings (SSSR count). The maximum atomic E-state index is 12.7. The number of fused-ring (bicyclic) bond motifs is 1. The van der Waals surface area contributed by atoms with E-state index in [0.29, 0.717) is 24.5 Å². The van der Waals surface area contributed by atoms with Crippen molar-refractivity contribution in [3.8, 4) is 0 Å². The lowest BCUT2D eigenvalue weighted by atomic mass is 10.1. The Morgan fingerprint density at radius 1 is 1.30 bits per heavy atom. The summed E-state index contributed by atoms with van der Waals surface area (Å²) in [6, 6.07) is 13.9. The second kappa shape index (κ2) is 6.86. The van der Waals surface area contributed by atoms with E-state index < -0.39 is 0 Å². The minimum absolute atomic E-state index is 0.0457. The summed E-state index contributed by atoms with van der Waals surface area (Å²) in [6.07, 6.45) is 0.449. The number of allylic oxidation sites excluding steroid dienone is 1. The van der Waals surface area contributed by atoms with E-state index in [2.05, 4.69) is 17.2 Å². The monoisotopic (exact) mass is 379 g/mol. The van der Waals surface area contributed by atoms with E-state index >= 15 is 0 Å². The lowest BCUT2D eigenvalue weighted by molar-refractivity contribution is -0.117. The molecule has 1 aliphatic heterocycles. The van der Waals surface area contributed by atoms with Crippen molar-refractivity contribution < 1.29 is 4.79 Å². The molecule has 0 spiro atoms. The number of imidazole rings is 1. The molecule has 1 saturated heterocycles. The number of aryl methyl sites for hydroxylation is 1. The lowest BCUT2D eigenvalue weighted by Crippen LogP contribution is -2.24. The second-order valence-corrected chi connectivity index (χ2v) is 7.75. The van der Waals surface area contributed by atoms with Gasteiger partial charge in [-0.3, -0.25) is 4.79 Å². The number of carbonyl (C=O) groups excluding carboxylic acids is 1. The molecule has 0 unspecified atom stereocenters. The van der Waals surface area contributed by atoms with Crippen LogP contribution in [0.25, 0.3) is 11.0 Å². The summed E-state index contributed by atoms with van der Waals surface area (Å²) in [5.41, 5.74) is 4.95. The third-order valence-electron chi connectivity index (χ3n) is 5.07. The van der Waals surface area contributed by atoms with Gasteiger partial charge in [0.15, 0.2) is 0 Å². The topological polar surface area (TPSA) is 38.1 Å². The number of nitrogens with zero attached hydrogens (tertiary/aromatic N) is 3. The van der Waals surface area contributed by atoms with Gasteiger partial charge in [0.1, 0.15) is 5.82 Å². The lowest BCUT2D eigenvalue weighted by Gasteiger charge is -2.18. The van der Waals surface area contributed by atoms with Gasteiger partial charge in [0.05, 0.1) is 11.0 Å². The highest BCUT2D eigenvalue weighted by Gasteiger charge is 2.35. The van der Waals surface area contributed by atoms with Crippen LogP contribution in [0, 0.1) is 6.92 Å². The fourth-order valence-electron chi connectivity index (χ4n) is 3.72. The van der Waals surface area contributed by atoms with Crippen molar-refractivity contribution >= 4 is 34.2 Å². The predicted octanol–water partition coefficient (Wildman–Crippen LogP) is 5.09. The summed E-state index contributed by atoms with van der Waals surface area (Å²) in [5.74, 6) is 1.10. The molecule has 2 heterocycles. The van der Waals surface area contributed by atoms with Crippen LogP contribution in [0.4, 0.5) is 5.69 Å². The number of hydrogen-bond acceptors (Lipinski definition) is 2. The van der Waals surface area contributed by atoms with Crippen molar-refractivity contribution in [1.29, 1.82) is 0 Å². The van der Waals surface area contributed by atoms with Crippen LogP contribution in [-0.2, 0) is 11.3 Å². The summed E-state index contributed by atoms with van der Waals surface area (Å²) in [7, 11) is 0. The average Bonchev–Trinajstić information content (AvgIpc) is 3.18. The molecule has 1 aromatic heterocycles. The van der Waals surface area contributed by atoms with Crippen LogP contribution < -0.4 is 4.90 Å². The van der Waals surface area contributed by atoms with Gasteiger partial charge < -0.3 is 9.47 Å². The normalized spacial score (nSPS) is 17.1. The largest absolute Gasteiger partial charge is 0.324 e. The van der Waals surface area contributed by atoms with Crippen LogP contribution in [0.3, 0.4) is 0 Å². The van der Waals surface area contributed by atoms with Gasteiger partial charge in [0.25, 0.3) is 0 Å². The number of halogens is 1. The molecule has 0 bridgehead atoms. The van der Waals surface area contributed by atoms with Crippen LogP contribution in [0.5, 0.6) is 0 Å². The molecule has 0 radical (unpaired) electrons. The Bertz CT molecular complexity index is 1050. The number of carbonyl (C=O) groups is 1. The van der Waals surface area contributed by atoms with Crippen LogP contribution in [0.1, 0.15) is 30.7 Å². The van der Waals surface area contributed by atoms with Crippen LogP contribution >= 0.6 is 11.6 Å². The van der Waals surface area contributed by atoms with E-state index in [0.717, 1.165) is 33.7 Å². The Labute approximate surface area is 164 Å². The van der Waals surface area contributed by atoms with Gasteiger partial charge in [-0.05, 0) is 43.7 Å². The Morgan fingerprint density at radius 2 is 2.07 bits per heavy atom. The number of benzene rings is 2. The molecule has 0 aliphatic carbocycles. The molecule has 0 saturated carbocycles. The first-order valence-corrected chi connectivity index (χ1v) is 9.48. The molecular weight excluding hydrogens is 358 g/mol. The Balaban J connectivity index is 1.71. The van der Waals surface area contributed by atoms with Gasteiger partial charge in [0.2, 0.25) is 5.91 Å². The first-order valence-electron chi connectivity index (χ1n) is 9.10. The molecule has 3 aromatic rings. The van der Waals surface area contributed by atoms with Gasteiger partial charge in [-0.1, -0.05) is 42.0 Å². The van der Waals surface area contributed by atoms with E-state index in [1.54, 1.807) is 0 Å². The summed E-state index contributed by atoms with van der Waals surface area (Å²) in [5, 5.41) is 0.679. The van der Waals surface area contributed by atoms with Crippen molar-refractivity contribution in [1.82, 2.24) is 9.55 Å². The highest BCUT2D eigenvalue weighted by Crippen LogP contribution is 2.34. The third-order valence-corrected chi connectivity index (χ3v) is 5.48. The summed E-state index contributed by atoms with van der Waals surface area (Å²) in [6.45, 7) is 9.35. The SMILES string of the molecule is C=C(C)Cn1c([C@H]2CC(=O)N(c3ccc(C)c(Cl)c3)C2)nc2ccccc21. The fraction of sp³-hybridized carbons (Fsp3) is 0.273. The van der Waals surface area contributed by atoms with E-state index in [9.17, 15) is 4.79 Å². The molecule has 4 nitrogen and oxygen atoms in total. The Hall–Kier alpha value is -2.59. The van der Waals surface area contributed by atoms with Crippen molar-refractivity contribution in [2.75, 3.05) is 11.4 Å². The summed E-state index contributed by atoms with van der Waals surface area (Å²) < 4.78 is 2.20. The van der Waals surface area contributed by atoms with Gasteiger partial charge in [-0.2, -0.15) is 0 Å². The van der Waals surface area contributed by atoms with Crippen molar-refractivity contribution in [3.63, 3.8) is 0 Å². The highest BCUT2D eigenvalue weighted by molar-refractivity contribution is 6.31. The van der Waals surface area contributed by atoms with Crippen LogP contribution in [-0.4, -0.2) is 22.0 Å². The van der Waals surface area contributed by atoms with Crippen LogP contribution in [0.15, 0.2) is 54.6 Å². The zero-order chi connectivity index (χ0) is 19.1. The number of hydrogen-bond donors (Lipinski definition) is 0. The molecule has 138 valence electrons. The van der Waals surface area contributed by atoms with E-state index in [-0.39, 0.29) is 11.8 Å². The average molecular weight is 380 g/mol. The minimum atomic E-state index is 0.0457. The molecule has 1 amide bonds. The van der Waals surface area contributed by atoms with E-state index in [4.69, 9.17) is 16.6 Å². The molecule has 1 atom stereocenters. The van der Waals surface area contributed by atoms with Crippen LogP contribution in [0.2, 0.25) is 5.02 Å². The smallest absolute Gasteiger partial charge is 0.227 e. The van der Waals surface area contributed by atoms with Crippen molar-refractivity contribution in [3.05, 3.63) is 71.0 Å². The third kappa shape index (κ3) is 3.26. The number of amides is 1. The Kier molecular flexibility index (Phi) is 4.52. The number of rotatable bonds is 4. The molecule has 2 aromatic carbocycles. The fourth-order valence-corrected chi connectivity index (χ4v) is 3.90. The summed E-state index contributed by atoms with van der Waals surface area (Å²) in [4.78, 5) is 19.4. The quantitative estimate of drug-likeness (QED) is 0.592. The van der Waals surface area contributed by atoms with Gasteiger partial charge in [0, 0.05) is 36.1 Å². The van der Waals surface area contributed by atoms with Gasteiger partial charge in [-0.15, -0.1) is 0 Å². The maximum Gasteiger partial charge on any atom is 0.227 e. The molecule has 1 fully saturated rings. The Morgan fingerprint density at radius 3 is 2.81 bits per heavy atom. The van der Waals surface area contributed by atoms with E-state index in [1.807, 2.05) is 55.1 Å². The second-order valence-electron chi connectivity index (χ2n) is 7.34. The number of anilines is 1. The molecule has 0 N–H and O–H groups in total. The zero-order valence-corrected chi connectivity index (χ0v) is 16.3. The number of para-hydroxylation sites is 2. The molecule has 5 heteroatoms. The maximum absolute atomic E-state index is 12.7. The van der Waals surface area contributed by atoms with Gasteiger partial charge in [-0.25, -0.2) is 4.98 Å². The first-order chi connectivity index (χ1) is 12.9. The molecular formula is C22H22ClN3O. The van der Waals surface area contributed by atoms with Gasteiger partial charge >= 0.3 is 0 Å². The molecule has 1 aliphatic rings. The minimum Gasteiger partial charge on any atom is -0.324 e. The van der Waals surface area contributed by atoms with Crippen molar-refractivity contribution in [2.45, 2.75) is 32.7 Å². The predicted molar refractivity (Wildman–Crippen MR) is 110 cm³/mol.